The lowest BCUT2D eigenvalue weighted by molar-refractivity contribution is -0.129. The number of alkyl halides is 1. The van der Waals surface area contributed by atoms with Crippen molar-refractivity contribution in [3.8, 4) is 24.2 Å². The van der Waals surface area contributed by atoms with Crippen LogP contribution in [0.1, 0.15) is 78.2 Å². The molecule has 0 radical (unpaired) electrons. The maximum Gasteiger partial charge on any atom is 0.318 e. The summed E-state index contributed by atoms with van der Waals surface area (Å²) in [7, 11) is 0. The molecule has 3 amide bonds. The molecular formula is C70H81FN14O6. The van der Waals surface area contributed by atoms with Crippen LogP contribution in [0.2, 0.25) is 0 Å². The number of fused-ring (bicyclic) bond motifs is 4. The highest BCUT2D eigenvalue weighted by molar-refractivity contribution is 5.98. The number of carbonyl (C=O) groups is 3. The van der Waals surface area contributed by atoms with Gasteiger partial charge in [0.05, 0.1) is 74.8 Å². The third-order valence-electron chi connectivity index (χ3n) is 18.7. The highest BCUT2D eigenvalue weighted by atomic mass is 19.1. The summed E-state index contributed by atoms with van der Waals surface area (Å²) in [4.78, 5) is 78.2. The molecule has 4 fully saturated rings. The van der Waals surface area contributed by atoms with Crippen molar-refractivity contribution in [2.75, 3.05) is 131 Å². The molecule has 6 aliphatic heterocycles. The van der Waals surface area contributed by atoms with E-state index >= 15 is 0 Å². The molecule has 12 rings (SSSR count). The molecule has 8 heterocycles. The van der Waals surface area contributed by atoms with Crippen LogP contribution in [0.15, 0.2) is 91.0 Å². The van der Waals surface area contributed by atoms with Crippen LogP contribution in [0.5, 0.6) is 12.0 Å². The summed E-state index contributed by atoms with van der Waals surface area (Å²) < 4.78 is 31.9. The van der Waals surface area contributed by atoms with Gasteiger partial charge in [-0.15, -0.1) is 0 Å². The zero-order chi connectivity index (χ0) is 63.0. The zero-order valence-corrected chi connectivity index (χ0v) is 52.6. The van der Waals surface area contributed by atoms with Gasteiger partial charge in [-0.3, -0.25) is 19.3 Å². The predicted molar refractivity (Wildman–Crippen MR) is 348 cm³/mol. The molecule has 6 aromatic rings. The number of nitrogens with zero attached hydrogens (tertiary/aromatic N) is 14. The van der Waals surface area contributed by atoms with Crippen molar-refractivity contribution in [1.29, 1.82) is 10.5 Å². The first-order valence-corrected chi connectivity index (χ1v) is 32.3. The van der Waals surface area contributed by atoms with Crippen molar-refractivity contribution in [1.82, 2.24) is 39.5 Å². The number of anilines is 4. The molecule has 6 aliphatic rings. The van der Waals surface area contributed by atoms with Gasteiger partial charge in [0.2, 0.25) is 17.7 Å². The molecule has 1 unspecified atom stereocenters. The van der Waals surface area contributed by atoms with E-state index in [-0.39, 0.29) is 61.2 Å². The Morgan fingerprint density at radius 1 is 0.681 bits per heavy atom. The topological polar surface area (TPSA) is 204 Å². The Morgan fingerprint density at radius 3 is 1.92 bits per heavy atom. The molecule has 4 saturated heterocycles. The molecule has 91 heavy (non-hydrogen) atoms. The van der Waals surface area contributed by atoms with Crippen LogP contribution < -0.4 is 29.1 Å². The standard InChI is InChI=1S/C70H81FN14O6/c1-4-5-17-62(86)84-31-29-82(43-54(84)19-24-72)68-56-21-27-79(60-16-8-14-52-13-6-11-48(2)65(52)60)45-58(56)75-70(77-68)91-47-51-40-64(88)83(42-51)41-50-38-53-15-7-12-49(3)66(53)61(39-50)80-28-22-57-59(46-80)74-69(90-37-34-78-26-10-35-89-36-33-78)76-67(57)81-30-32-85(55(44-81)20-25-73)63(87)18-9-23-71/h5-9,11-18,38-39,51,54-55H,4,10,19-23,26-37,40-47H2,1-3H3/b17-5+,18-9+/t51?,54-,55-/m0/s1. The Bertz CT molecular complexity index is 3820. The summed E-state index contributed by atoms with van der Waals surface area (Å²) in [5.41, 5.74) is 9.29. The molecule has 474 valence electrons. The Labute approximate surface area is 532 Å². The second-order valence-electron chi connectivity index (χ2n) is 24.8. The quantitative estimate of drug-likeness (QED) is 0.0701. The lowest BCUT2D eigenvalue weighted by atomic mass is 9.97. The number of hydrogen-bond donors (Lipinski definition) is 0. The van der Waals surface area contributed by atoms with E-state index in [1.165, 1.54) is 28.5 Å². The van der Waals surface area contributed by atoms with Gasteiger partial charge in [0.25, 0.3) is 0 Å². The fourth-order valence-electron chi connectivity index (χ4n) is 14.2. The molecule has 3 atom stereocenters. The highest BCUT2D eigenvalue weighted by Gasteiger charge is 2.37. The minimum absolute atomic E-state index is 0.0450. The number of hydrogen-bond acceptors (Lipinski definition) is 17. The Hall–Kier alpha value is -8.92. The first kappa shape index (κ1) is 62.3. The van der Waals surface area contributed by atoms with Crippen molar-refractivity contribution >= 4 is 62.3 Å². The lowest BCUT2D eigenvalue weighted by Gasteiger charge is -2.42. The first-order valence-electron chi connectivity index (χ1n) is 32.3. The number of nitriles is 2. The second kappa shape index (κ2) is 28.5. The minimum Gasteiger partial charge on any atom is -0.463 e. The van der Waals surface area contributed by atoms with Gasteiger partial charge in [-0.1, -0.05) is 61.5 Å². The van der Waals surface area contributed by atoms with Crippen LogP contribution >= 0.6 is 0 Å². The number of benzene rings is 4. The van der Waals surface area contributed by atoms with Crippen molar-refractivity contribution in [2.45, 2.75) is 97.4 Å². The summed E-state index contributed by atoms with van der Waals surface area (Å²) in [6.07, 6.45) is 9.56. The van der Waals surface area contributed by atoms with Gasteiger partial charge in [0.1, 0.15) is 24.9 Å². The number of piperazine rings is 2. The van der Waals surface area contributed by atoms with Gasteiger partial charge in [-0.25, -0.2) is 4.39 Å². The smallest absolute Gasteiger partial charge is 0.318 e. The largest absolute Gasteiger partial charge is 0.463 e. The summed E-state index contributed by atoms with van der Waals surface area (Å²) in [5.74, 6) is 1.03. The minimum atomic E-state index is -0.747. The number of likely N-dealkylation sites (tertiary alicyclic amines) is 1. The molecule has 0 spiro atoms. The number of allylic oxidation sites excluding steroid dienone is 2. The predicted octanol–water partition coefficient (Wildman–Crippen LogP) is 8.20. The van der Waals surface area contributed by atoms with Crippen LogP contribution in [-0.4, -0.2) is 181 Å². The summed E-state index contributed by atoms with van der Waals surface area (Å²) in [6, 6.07) is 28.0. The SMILES string of the molecule is CC/C=C/C(=O)N1CCN(c2nc(OCC3CC(=O)N(Cc4cc(N5CCc6c(nc(OCCN7CCCOCC7)nc6N6CCN(C(=O)/C=C/CF)[C@@H](CC#N)C6)C5)c5c(C)cccc5c4)C3)nc3c2CCN(c2cccc4cccc(C)c24)C3)C[C@@H]1CC#N. The van der Waals surface area contributed by atoms with Gasteiger partial charge in [0.15, 0.2) is 0 Å². The zero-order valence-electron chi connectivity index (χ0n) is 52.6. The molecule has 0 N–H and O–H groups in total. The molecule has 20 nitrogen and oxygen atoms in total. The van der Waals surface area contributed by atoms with E-state index in [1.807, 2.05) is 22.8 Å². The molecule has 0 saturated carbocycles. The summed E-state index contributed by atoms with van der Waals surface area (Å²) in [5, 5.41) is 24.5. The molecule has 2 aromatic heterocycles. The summed E-state index contributed by atoms with van der Waals surface area (Å²) in [6.45, 7) is 15.9. The molecule has 0 aliphatic carbocycles. The number of rotatable bonds is 19. The second-order valence-corrected chi connectivity index (χ2v) is 24.8. The number of halogens is 1. The van der Waals surface area contributed by atoms with Crippen LogP contribution in [0.3, 0.4) is 0 Å². The van der Waals surface area contributed by atoms with Crippen LogP contribution in [0.4, 0.5) is 27.4 Å². The number of ether oxygens (including phenoxy) is 3. The van der Waals surface area contributed by atoms with E-state index in [0.29, 0.717) is 111 Å². The van der Waals surface area contributed by atoms with Gasteiger partial charge < -0.3 is 48.5 Å². The Balaban J connectivity index is 0.786. The number of carbonyl (C=O) groups excluding carboxylic acids is 3. The van der Waals surface area contributed by atoms with Crippen molar-refractivity contribution < 1.29 is 33.0 Å². The average molecular weight is 1230 g/mol. The van der Waals surface area contributed by atoms with E-state index in [2.05, 4.69) is 117 Å². The van der Waals surface area contributed by atoms with Crippen molar-refractivity contribution in [3.63, 3.8) is 0 Å². The first-order chi connectivity index (χ1) is 44.5. The molecule has 4 aromatic carbocycles. The van der Waals surface area contributed by atoms with Crippen LogP contribution in [0, 0.1) is 42.4 Å². The fraction of sp³-hybridized carbons (Fsp3) is 0.471. The van der Waals surface area contributed by atoms with E-state index in [4.69, 9.17) is 34.1 Å². The van der Waals surface area contributed by atoms with Gasteiger partial charge >= 0.3 is 12.0 Å². The van der Waals surface area contributed by atoms with Crippen molar-refractivity contribution in [2.24, 2.45) is 5.92 Å². The lowest BCUT2D eigenvalue weighted by Crippen LogP contribution is -2.55. The number of amides is 3. The van der Waals surface area contributed by atoms with Crippen LogP contribution in [0.25, 0.3) is 21.5 Å². The fourth-order valence-corrected chi connectivity index (χ4v) is 14.2. The van der Waals surface area contributed by atoms with Gasteiger partial charge in [0, 0.05) is 143 Å². The average Bonchev–Trinajstić information content (AvgIpc) is 1.05. The maximum atomic E-state index is 14.2. The Kier molecular flexibility index (Phi) is 19.5. The van der Waals surface area contributed by atoms with E-state index in [1.54, 1.807) is 11.0 Å². The highest BCUT2D eigenvalue weighted by Crippen LogP contribution is 2.40. The third kappa shape index (κ3) is 13.9. The van der Waals surface area contributed by atoms with E-state index in [0.717, 1.165) is 107 Å². The molecule has 0 bridgehead atoms. The molecule has 21 heteroatoms. The van der Waals surface area contributed by atoms with Gasteiger partial charge in [-0.05, 0) is 97.3 Å². The van der Waals surface area contributed by atoms with E-state index in [9.17, 15) is 29.3 Å². The summed E-state index contributed by atoms with van der Waals surface area (Å²) >= 11 is 0. The molecular weight excluding hydrogens is 1150 g/mol. The third-order valence-corrected chi connectivity index (χ3v) is 18.7. The Morgan fingerprint density at radius 2 is 1.29 bits per heavy atom. The number of aryl methyl sites for hydroxylation is 2. The normalized spacial score (nSPS) is 19.9. The monoisotopic (exact) mass is 1230 g/mol. The van der Waals surface area contributed by atoms with Crippen LogP contribution in [-0.2, 0) is 51.6 Å². The maximum absolute atomic E-state index is 14.2. The number of aromatic nitrogens is 4. The van der Waals surface area contributed by atoms with E-state index < -0.39 is 12.7 Å². The van der Waals surface area contributed by atoms with Gasteiger partial charge in [-0.2, -0.15) is 30.5 Å². The van der Waals surface area contributed by atoms with Crippen molar-refractivity contribution in [3.05, 3.63) is 130 Å².